The molecule has 0 spiro atoms. The highest BCUT2D eigenvalue weighted by molar-refractivity contribution is 5.95. The number of hydrogen-bond acceptors (Lipinski definition) is 5. The molecule has 1 atom stereocenters. The van der Waals surface area contributed by atoms with E-state index in [0.717, 1.165) is 5.56 Å². The number of hydrogen-bond donors (Lipinski definition) is 1. The molecule has 27 heavy (non-hydrogen) atoms. The number of methoxy groups -OCH3 is 2. The summed E-state index contributed by atoms with van der Waals surface area (Å²) in [6.07, 6.45) is 0. The van der Waals surface area contributed by atoms with Gasteiger partial charge in [0.15, 0.2) is 23.0 Å². The van der Waals surface area contributed by atoms with Gasteiger partial charge < -0.3 is 24.3 Å². The SMILES string of the molecule is CCOc1ccc(C(=O)NC(C)c2ccc(OC)c(OC)c2)cc1OCC. The Morgan fingerprint density at radius 3 is 2.15 bits per heavy atom. The van der Waals surface area contributed by atoms with Crippen molar-refractivity contribution >= 4 is 5.91 Å². The summed E-state index contributed by atoms with van der Waals surface area (Å²) in [6, 6.07) is 10.5. The standard InChI is InChI=1S/C21H27NO5/c1-6-26-18-11-9-16(13-20(18)27-7-2)21(23)22-14(3)15-8-10-17(24-4)19(12-15)25-5/h8-14H,6-7H2,1-5H3,(H,22,23). The number of carbonyl (C=O) groups is 1. The van der Waals surface area contributed by atoms with Crippen molar-refractivity contribution < 1.29 is 23.7 Å². The van der Waals surface area contributed by atoms with Gasteiger partial charge in [0.2, 0.25) is 0 Å². The van der Waals surface area contributed by atoms with Gasteiger partial charge in [0.05, 0.1) is 33.5 Å². The first kappa shape index (κ1) is 20.4. The van der Waals surface area contributed by atoms with Crippen LogP contribution in [0, 0.1) is 0 Å². The average Bonchev–Trinajstić information content (AvgIpc) is 2.68. The molecule has 146 valence electrons. The van der Waals surface area contributed by atoms with Gasteiger partial charge in [-0.1, -0.05) is 6.07 Å². The van der Waals surface area contributed by atoms with E-state index in [2.05, 4.69) is 5.32 Å². The largest absolute Gasteiger partial charge is 0.493 e. The average molecular weight is 373 g/mol. The van der Waals surface area contributed by atoms with Crippen molar-refractivity contribution in [1.29, 1.82) is 0 Å². The van der Waals surface area contributed by atoms with E-state index in [1.807, 2.05) is 39.0 Å². The van der Waals surface area contributed by atoms with E-state index in [9.17, 15) is 4.79 Å². The van der Waals surface area contributed by atoms with Crippen LogP contribution in [0.25, 0.3) is 0 Å². The first-order valence-corrected chi connectivity index (χ1v) is 8.96. The second-order valence-electron chi connectivity index (χ2n) is 5.84. The summed E-state index contributed by atoms with van der Waals surface area (Å²) in [5.74, 6) is 2.26. The molecule has 0 aromatic heterocycles. The molecule has 0 fully saturated rings. The maximum absolute atomic E-state index is 12.7. The Labute approximate surface area is 160 Å². The topological polar surface area (TPSA) is 66.0 Å². The van der Waals surface area contributed by atoms with Crippen LogP contribution >= 0.6 is 0 Å². The van der Waals surface area contributed by atoms with Gasteiger partial charge in [0.25, 0.3) is 5.91 Å². The number of ether oxygens (including phenoxy) is 4. The lowest BCUT2D eigenvalue weighted by molar-refractivity contribution is 0.0939. The molecular formula is C21H27NO5. The lowest BCUT2D eigenvalue weighted by Gasteiger charge is -2.17. The molecule has 6 nitrogen and oxygen atoms in total. The van der Waals surface area contributed by atoms with E-state index in [0.29, 0.717) is 41.8 Å². The van der Waals surface area contributed by atoms with E-state index in [1.165, 1.54) is 0 Å². The first-order valence-electron chi connectivity index (χ1n) is 8.96. The quantitative estimate of drug-likeness (QED) is 0.720. The molecule has 0 radical (unpaired) electrons. The van der Waals surface area contributed by atoms with Gasteiger partial charge in [-0.05, 0) is 56.7 Å². The van der Waals surface area contributed by atoms with Crippen LogP contribution in [0.3, 0.4) is 0 Å². The molecule has 2 aromatic rings. The number of rotatable bonds is 9. The van der Waals surface area contributed by atoms with E-state index in [-0.39, 0.29) is 11.9 Å². The highest BCUT2D eigenvalue weighted by atomic mass is 16.5. The summed E-state index contributed by atoms with van der Waals surface area (Å²) < 4.78 is 21.7. The van der Waals surface area contributed by atoms with Crippen LogP contribution in [0.1, 0.15) is 42.7 Å². The second kappa shape index (κ2) is 9.71. The van der Waals surface area contributed by atoms with E-state index >= 15 is 0 Å². The van der Waals surface area contributed by atoms with E-state index in [1.54, 1.807) is 32.4 Å². The molecular weight excluding hydrogens is 346 g/mol. The molecule has 0 saturated carbocycles. The van der Waals surface area contributed by atoms with Crippen LogP contribution in [-0.4, -0.2) is 33.3 Å². The lowest BCUT2D eigenvalue weighted by Crippen LogP contribution is -2.26. The van der Waals surface area contributed by atoms with Gasteiger partial charge in [0.1, 0.15) is 0 Å². The lowest BCUT2D eigenvalue weighted by atomic mass is 10.1. The van der Waals surface area contributed by atoms with Crippen LogP contribution < -0.4 is 24.3 Å². The van der Waals surface area contributed by atoms with Crippen molar-refractivity contribution in [3.05, 3.63) is 47.5 Å². The van der Waals surface area contributed by atoms with Crippen LogP contribution in [0.15, 0.2) is 36.4 Å². The Kier molecular flexibility index (Phi) is 7.34. The summed E-state index contributed by atoms with van der Waals surface area (Å²) >= 11 is 0. The fourth-order valence-electron chi connectivity index (χ4n) is 2.68. The molecule has 2 rings (SSSR count). The molecule has 0 heterocycles. The predicted molar refractivity (Wildman–Crippen MR) is 104 cm³/mol. The minimum atomic E-state index is -0.209. The Morgan fingerprint density at radius 1 is 0.889 bits per heavy atom. The van der Waals surface area contributed by atoms with Crippen LogP contribution in [0.5, 0.6) is 23.0 Å². The zero-order valence-corrected chi connectivity index (χ0v) is 16.5. The third-order valence-electron chi connectivity index (χ3n) is 4.06. The normalized spacial score (nSPS) is 11.4. The smallest absolute Gasteiger partial charge is 0.251 e. The zero-order chi connectivity index (χ0) is 19.8. The summed E-state index contributed by atoms with van der Waals surface area (Å²) in [4.78, 5) is 12.7. The zero-order valence-electron chi connectivity index (χ0n) is 16.5. The van der Waals surface area contributed by atoms with Crippen LogP contribution in [0.4, 0.5) is 0 Å². The molecule has 0 saturated heterocycles. The highest BCUT2D eigenvalue weighted by Crippen LogP contribution is 2.31. The van der Waals surface area contributed by atoms with Gasteiger partial charge in [-0.15, -0.1) is 0 Å². The molecule has 0 aliphatic rings. The molecule has 6 heteroatoms. The highest BCUT2D eigenvalue weighted by Gasteiger charge is 2.16. The molecule has 1 unspecified atom stereocenters. The maximum Gasteiger partial charge on any atom is 0.251 e. The monoisotopic (exact) mass is 373 g/mol. The van der Waals surface area contributed by atoms with Gasteiger partial charge in [0, 0.05) is 5.56 Å². The van der Waals surface area contributed by atoms with E-state index < -0.39 is 0 Å². The van der Waals surface area contributed by atoms with Crippen molar-refractivity contribution in [2.24, 2.45) is 0 Å². The molecule has 1 N–H and O–H groups in total. The predicted octanol–water partition coefficient (Wildman–Crippen LogP) is 3.99. The Bertz CT molecular complexity index is 775. The first-order chi connectivity index (χ1) is 13.0. The van der Waals surface area contributed by atoms with Crippen molar-refractivity contribution in [1.82, 2.24) is 5.32 Å². The van der Waals surface area contributed by atoms with Gasteiger partial charge in [-0.3, -0.25) is 4.79 Å². The minimum Gasteiger partial charge on any atom is -0.493 e. The summed E-state index contributed by atoms with van der Waals surface area (Å²) in [5.41, 5.74) is 1.42. The molecule has 0 aliphatic carbocycles. The van der Waals surface area contributed by atoms with Crippen molar-refractivity contribution in [3.63, 3.8) is 0 Å². The Balaban J connectivity index is 2.17. The number of nitrogens with one attached hydrogen (secondary N) is 1. The third-order valence-corrected chi connectivity index (χ3v) is 4.06. The van der Waals surface area contributed by atoms with Crippen molar-refractivity contribution in [2.45, 2.75) is 26.8 Å². The second-order valence-corrected chi connectivity index (χ2v) is 5.84. The molecule has 1 amide bonds. The molecule has 2 aromatic carbocycles. The fraction of sp³-hybridized carbons (Fsp3) is 0.381. The Hall–Kier alpha value is -2.89. The fourth-order valence-corrected chi connectivity index (χ4v) is 2.68. The summed E-state index contributed by atoms with van der Waals surface area (Å²) in [7, 11) is 3.17. The molecule has 0 bridgehead atoms. The third kappa shape index (κ3) is 5.06. The van der Waals surface area contributed by atoms with Crippen molar-refractivity contribution in [3.8, 4) is 23.0 Å². The van der Waals surface area contributed by atoms with Crippen molar-refractivity contribution in [2.75, 3.05) is 27.4 Å². The minimum absolute atomic E-state index is 0.193. The van der Waals surface area contributed by atoms with E-state index in [4.69, 9.17) is 18.9 Å². The molecule has 0 aliphatic heterocycles. The van der Waals surface area contributed by atoms with Crippen LogP contribution in [-0.2, 0) is 0 Å². The van der Waals surface area contributed by atoms with Gasteiger partial charge in [-0.2, -0.15) is 0 Å². The number of benzene rings is 2. The van der Waals surface area contributed by atoms with Gasteiger partial charge in [-0.25, -0.2) is 0 Å². The number of carbonyl (C=O) groups excluding carboxylic acids is 1. The maximum atomic E-state index is 12.7. The summed E-state index contributed by atoms with van der Waals surface area (Å²) in [5, 5.41) is 2.99. The number of amides is 1. The van der Waals surface area contributed by atoms with Gasteiger partial charge >= 0.3 is 0 Å². The summed E-state index contributed by atoms with van der Waals surface area (Å²) in [6.45, 7) is 6.73. The van der Waals surface area contributed by atoms with Crippen LogP contribution in [0.2, 0.25) is 0 Å². The Morgan fingerprint density at radius 2 is 1.52 bits per heavy atom.